The zero-order valence-electron chi connectivity index (χ0n) is 18.2. The number of aromatic carboxylic acids is 1. The lowest BCUT2D eigenvalue weighted by molar-refractivity contribution is -0.114. The number of carbonyl (C=O) groups excluding carboxylic acids is 1. The average Bonchev–Trinajstić information content (AvgIpc) is 2.78. The molecule has 0 aliphatic carbocycles. The number of nitrogens with zero attached hydrogens (tertiary/aromatic N) is 3. The molecule has 32 heavy (non-hydrogen) atoms. The molecule has 1 aromatic heterocycles. The number of carbonyl (C=O) groups is 2. The summed E-state index contributed by atoms with van der Waals surface area (Å²) < 4.78 is 5.77. The molecule has 1 aliphatic heterocycles. The van der Waals surface area contributed by atoms with Gasteiger partial charge in [0.15, 0.2) is 0 Å². The summed E-state index contributed by atoms with van der Waals surface area (Å²) >= 11 is 0. The van der Waals surface area contributed by atoms with Crippen LogP contribution in [0.4, 0.5) is 17.2 Å². The number of rotatable bonds is 6. The Morgan fingerprint density at radius 2 is 1.78 bits per heavy atom. The van der Waals surface area contributed by atoms with Gasteiger partial charge in [-0.25, -0.2) is 9.78 Å². The first-order valence-electron chi connectivity index (χ1n) is 10.6. The summed E-state index contributed by atoms with van der Waals surface area (Å²) in [6, 6.07) is 14.7. The third-order valence-electron chi connectivity index (χ3n) is 5.46. The second-order valence-electron chi connectivity index (χ2n) is 7.62. The highest BCUT2D eigenvalue weighted by Crippen LogP contribution is 2.31. The predicted molar refractivity (Wildman–Crippen MR) is 125 cm³/mol. The summed E-state index contributed by atoms with van der Waals surface area (Å²) in [5, 5.41) is 13.0. The Labute approximate surface area is 186 Å². The van der Waals surface area contributed by atoms with Gasteiger partial charge >= 0.3 is 5.97 Å². The molecule has 8 heteroatoms. The van der Waals surface area contributed by atoms with Crippen molar-refractivity contribution in [3.63, 3.8) is 0 Å². The summed E-state index contributed by atoms with van der Waals surface area (Å²) in [6.45, 7) is 6.96. The number of amides is 1. The molecule has 0 radical (unpaired) electrons. The van der Waals surface area contributed by atoms with E-state index in [9.17, 15) is 14.7 Å². The van der Waals surface area contributed by atoms with Crippen molar-refractivity contribution in [2.24, 2.45) is 0 Å². The number of carboxylic acid groups (broad SMARTS) is 1. The molecule has 0 unspecified atom stereocenters. The number of hydrogen-bond acceptors (Lipinski definition) is 6. The normalized spacial score (nSPS) is 13.8. The molecule has 166 valence electrons. The number of hydrogen-bond donors (Lipinski definition) is 2. The Hall–Kier alpha value is -3.81. The van der Waals surface area contributed by atoms with Crippen molar-refractivity contribution >= 4 is 40.0 Å². The van der Waals surface area contributed by atoms with E-state index >= 15 is 0 Å². The van der Waals surface area contributed by atoms with Crippen molar-refractivity contribution in [3.8, 4) is 5.75 Å². The molecule has 8 nitrogen and oxygen atoms in total. The van der Waals surface area contributed by atoms with Gasteiger partial charge in [0.1, 0.15) is 11.6 Å². The molecular weight excluding hydrogens is 408 g/mol. The molecule has 2 heterocycles. The number of ether oxygens (including phenoxy) is 1. The first-order chi connectivity index (χ1) is 15.5. The lowest BCUT2D eigenvalue weighted by Crippen LogP contribution is -2.47. The highest BCUT2D eigenvalue weighted by Gasteiger charge is 2.22. The number of carboxylic acids is 1. The van der Waals surface area contributed by atoms with Gasteiger partial charge in [0, 0.05) is 44.2 Å². The second-order valence-corrected chi connectivity index (χ2v) is 7.62. The lowest BCUT2D eigenvalue weighted by Gasteiger charge is -2.37. The van der Waals surface area contributed by atoms with Crippen molar-refractivity contribution in [2.45, 2.75) is 13.8 Å². The number of anilines is 3. The van der Waals surface area contributed by atoms with Crippen LogP contribution in [-0.4, -0.2) is 54.8 Å². The number of pyridine rings is 1. The first kappa shape index (κ1) is 21.4. The van der Waals surface area contributed by atoms with E-state index in [0.717, 1.165) is 24.5 Å². The van der Waals surface area contributed by atoms with Crippen LogP contribution in [0.3, 0.4) is 0 Å². The zero-order chi connectivity index (χ0) is 22.7. The summed E-state index contributed by atoms with van der Waals surface area (Å²) in [7, 11) is 0. The van der Waals surface area contributed by atoms with Gasteiger partial charge in [0.05, 0.1) is 23.4 Å². The topological polar surface area (TPSA) is 95.0 Å². The molecule has 2 N–H and O–H groups in total. The number of piperazine rings is 1. The van der Waals surface area contributed by atoms with Gasteiger partial charge in [0.2, 0.25) is 5.91 Å². The fourth-order valence-corrected chi connectivity index (χ4v) is 4.00. The Balaban J connectivity index is 1.58. The minimum Gasteiger partial charge on any atom is -0.492 e. The first-order valence-corrected chi connectivity index (χ1v) is 10.6. The summed E-state index contributed by atoms with van der Waals surface area (Å²) in [5.74, 6) is 0.271. The lowest BCUT2D eigenvalue weighted by atomic mass is 10.1. The van der Waals surface area contributed by atoms with Gasteiger partial charge in [-0.1, -0.05) is 12.1 Å². The monoisotopic (exact) mass is 434 g/mol. The van der Waals surface area contributed by atoms with Crippen LogP contribution < -0.4 is 19.9 Å². The smallest absolute Gasteiger partial charge is 0.336 e. The molecule has 0 spiro atoms. The molecule has 0 saturated carbocycles. The molecule has 1 amide bonds. The van der Waals surface area contributed by atoms with Gasteiger partial charge < -0.3 is 25.0 Å². The van der Waals surface area contributed by atoms with E-state index in [-0.39, 0.29) is 11.5 Å². The summed E-state index contributed by atoms with van der Waals surface area (Å²) in [4.78, 5) is 32.4. The Morgan fingerprint density at radius 3 is 2.47 bits per heavy atom. The summed E-state index contributed by atoms with van der Waals surface area (Å²) in [6.07, 6.45) is 0. The van der Waals surface area contributed by atoms with Gasteiger partial charge in [-0.15, -0.1) is 0 Å². The third kappa shape index (κ3) is 4.44. The highest BCUT2D eigenvalue weighted by molar-refractivity contribution is 6.05. The maximum absolute atomic E-state index is 12.0. The van der Waals surface area contributed by atoms with Gasteiger partial charge in [-0.05, 0) is 43.3 Å². The third-order valence-corrected chi connectivity index (χ3v) is 5.46. The predicted octanol–water partition coefficient (Wildman–Crippen LogP) is 3.62. The molecule has 3 aromatic rings. The van der Waals surface area contributed by atoms with Crippen LogP contribution in [0.15, 0.2) is 48.5 Å². The van der Waals surface area contributed by atoms with Crippen molar-refractivity contribution < 1.29 is 19.4 Å². The molecule has 4 rings (SSSR count). The minimum absolute atomic E-state index is 0.168. The van der Waals surface area contributed by atoms with Gasteiger partial charge in [-0.3, -0.25) is 4.79 Å². The van der Waals surface area contributed by atoms with Crippen LogP contribution >= 0.6 is 0 Å². The quantitative estimate of drug-likeness (QED) is 0.612. The molecular formula is C24H26N4O4. The van der Waals surface area contributed by atoms with Gasteiger partial charge in [-0.2, -0.15) is 0 Å². The maximum atomic E-state index is 12.0. The number of benzene rings is 2. The van der Waals surface area contributed by atoms with Crippen molar-refractivity contribution in [2.75, 3.05) is 47.9 Å². The van der Waals surface area contributed by atoms with Crippen LogP contribution in [-0.2, 0) is 4.79 Å². The van der Waals surface area contributed by atoms with E-state index in [1.807, 2.05) is 25.1 Å². The van der Waals surface area contributed by atoms with E-state index in [1.165, 1.54) is 6.92 Å². The largest absolute Gasteiger partial charge is 0.492 e. The van der Waals surface area contributed by atoms with Crippen LogP contribution in [0.5, 0.6) is 5.75 Å². The van der Waals surface area contributed by atoms with Gasteiger partial charge in [0.25, 0.3) is 0 Å². The SMILES string of the molecule is CCOc1ccccc1N1CCN(c2cc(C(=O)O)c3cc(NC(C)=O)ccc3n2)CC1. The molecule has 0 atom stereocenters. The van der Waals surface area contributed by atoms with Crippen LogP contribution in [0.2, 0.25) is 0 Å². The molecule has 0 bridgehead atoms. The van der Waals surface area contributed by atoms with Crippen molar-refractivity contribution in [3.05, 3.63) is 54.1 Å². The number of nitrogens with one attached hydrogen (secondary N) is 1. The molecule has 1 fully saturated rings. The van der Waals surface area contributed by atoms with Crippen LogP contribution in [0, 0.1) is 0 Å². The second kappa shape index (κ2) is 9.13. The number of para-hydroxylation sites is 2. The standard InChI is InChI=1S/C24H26N4O4/c1-3-32-22-7-5-4-6-21(22)27-10-12-28(13-11-27)23-15-19(24(30)31)18-14-17(25-16(2)29)8-9-20(18)26-23/h4-9,14-15H,3,10-13H2,1-2H3,(H,25,29)(H,30,31). The fourth-order valence-electron chi connectivity index (χ4n) is 4.00. The average molecular weight is 434 g/mol. The van der Waals surface area contributed by atoms with E-state index in [4.69, 9.17) is 9.72 Å². The Kier molecular flexibility index (Phi) is 6.11. The summed E-state index contributed by atoms with van der Waals surface area (Å²) in [5.41, 5.74) is 2.36. The molecule has 1 aliphatic rings. The fraction of sp³-hybridized carbons (Fsp3) is 0.292. The molecule has 1 saturated heterocycles. The number of fused-ring (bicyclic) bond motifs is 1. The van der Waals surface area contributed by atoms with Crippen molar-refractivity contribution in [1.82, 2.24) is 4.98 Å². The van der Waals surface area contributed by atoms with Crippen molar-refractivity contribution in [1.29, 1.82) is 0 Å². The van der Waals surface area contributed by atoms with E-state index < -0.39 is 5.97 Å². The van der Waals surface area contributed by atoms with E-state index in [0.29, 0.717) is 42.1 Å². The highest BCUT2D eigenvalue weighted by atomic mass is 16.5. The Morgan fingerprint density at radius 1 is 1.06 bits per heavy atom. The van der Waals surface area contributed by atoms with Crippen LogP contribution in [0.1, 0.15) is 24.2 Å². The number of aromatic nitrogens is 1. The molecule has 2 aromatic carbocycles. The Bertz CT molecular complexity index is 1160. The van der Waals surface area contributed by atoms with Crippen LogP contribution in [0.25, 0.3) is 10.9 Å². The maximum Gasteiger partial charge on any atom is 0.336 e. The van der Waals surface area contributed by atoms with E-state index in [1.54, 1.807) is 24.3 Å². The van der Waals surface area contributed by atoms with E-state index in [2.05, 4.69) is 21.2 Å². The zero-order valence-corrected chi connectivity index (χ0v) is 18.2. The minimum atomic E-state index is -1.03.